The van der Waals surface area contributed by atoms with Gasteiger partial charge in [0.05, 0.1) is 0 Å². The Morgan fingerprint density at radius 2 is 1.73 bits per heavy atom. The van der Waals surface area contributed by atoms with Gasteiger partial charge >= 0.3 is 12.1 Å². The number of rotatable bonds is 7. The summed E-state index contributed by atoms with van der Waals surface area (Å²) in [6.07, 6.45) is -1.10. The summed E-state index contributed by atoms with van der Waals surface area (Å²) < 4.78 is 4.98. The molecular weight excluding hydrogens is 294 g/mol. The van der Waals surface area contributed by atoms with E-state index in [0.717, 1.165) is 0 Å². The van der Waals surface area contributed by atoms with E-state index in [1.807, 2.05) is 0 Å². The zero-order chi connectivity index (χ0) is 17.5. The molecule has 5 N–H and O–H groups in total. The highest BCUT2D eigenvalue weighted by molar-refractivity contribution is 5.89. The minimum absolute atomic E-state index is 0.129. The first-order valence-electron chi connectivity index (χ1n) is 6.73. The van der Waals surface area contributed by atoms with Gasteiger partial charge in [-0.3, -0.25) is 9.59 Å². The molecule has 0 bridgehead atoms. The van der Waals surface area contributed by atoms with Crippen LogP contribution in [0.1, 0.15) is 40.5 Å². The molecule has 0 saturated carbocycles. The molecule has 3 amide bonds. The first-order valence-corrected chi connectivity index (χ1v) is 6.73. The summed E-state index contributed by atoms with van der Waals surface area (Å²) in [5.41, 5.74) is 4.22. The number of carboxylic acids is 1. The molecule has 0 radical (unpaired) electrons. The van der Waals surface area contributed by atoms with Crippen LogP contribution < -0.4 is 16.4 Å². The second-order valence-corrected chi connectivity index (χ2v) is 5.77. The van der Waals surface area contributed by atoms with Crippen LogP contribution in [-0.2, 0) is 19.1 Å². The van der Waals surface area contributed by atoms with Crippen LogP contribution in [0, 0.1) is 0 Å². The molecule has 2 atom stereocenters. The molecule has 0 saturated heterocycles. The molecule has 0 heterocycles. The van der Waals surface area contributed by atoms with Crippen LogP contribution in [0.4, 0.5) is 4.79 Å². The average molecular weight is 317 g/mol. The standard InChI is InChI=1S/C13H23N3O6/c1-7(15-12(21)22-13(2,3)4)10(18)16-8(11(19)20)5-6-9(14)17/h7-8H,5-6H2,1-4H3,(H2,14,17)(H,15,21)(H,16,18)(H,19,20)/t7-,8+/m0/s1. The smallest absolute Gasteiger partial charge is 0.408 e. The van der Waals surface area contributed by atoms with Crippen LogP contribution in [0.25, 0.3) is 0 Å². The summed E-state index contributed by atoms with van der Waals surface area (Å²) >= 11 is 0. The van der Waals surface area contributed by atoms with Crippen LogP contribution in [0.5, 0.6) is 0 Å². The van der Waals surface area contributed by atoms with E-state index in [-0.39, 0.29) is 12.8 Å². The molecule has 0 aliphatic heterocycles. The number of primary amides is 1. The summed E-state index contributed by atoms with van der Waals surface area (Å²) in [4.78, 5) is 45.0. The maximum Gasteiger partial charge on any atom is 0.408 e. The number of alkyl carbamates (subject to hydrolysis) is 1. The Morgan fingerprint density at radius 3 is 2.14 bits per heavy atom. The molecule has 0 aromatic heterocycles. The molecule has 9 nitrogen and oxygen atoms in total. The van der Waals surface area contributed by atoms with Gasteiger partial charge in [-0.2, -0.15) is 0 Å². The lowest BCUT2D eigenvalue weighted by atomic mass is 10.1. The number of ether oxygens (including phenoxy) is 1. The molecule has 22 heavy (non-hydrogen) atoms. The Balaban J connectivity index is 4.50. The van der Waals surface area contributed by atoms with Gasteiger partial charge in [-0.25, -0.2) is 9.59 Å². The third kappa shape index (κ3) is 8.77. The van der Waals surface area contributed by atoms with Crippen molar-refractivity contribution in [2.24, 2.45) is 5.73 Å². The summed E-state index contributed by atoms with van der Waals surface area (Å²) in [7, 11) is 0. The fourth-order valence-corrected chi connectivity index (χ4v) is 1.39. The Bertz CT molecular complexity index is 444. The first-order chi connectivity index (χ1) is 9.92. The third-order valence-electron chi connectivity index (χ3n) is 2.42. The Kier molecular flexibility index (Phi) is 7.34. The zero-order valence-corrected chi connectivity index (χ0v) is 13.1. The van der Waals surface area contributed by atoms with Crippen molar-refractivity contribution in [3.05, 3.63) is 0 Å². The van der Waals surface area contributed by atoms with E-state index in [9.17, 15) is 19.2 Å². The van der Waals surface area contributed by atoms with Gasteiger partial charge in [0.15, 0.2) is 0 Å². The minimum atomic E-state index is -1.29. The lowest BCUT2D eigenvalue weighted by molar-refractivity contribution is -0.142. The number of carbonyl (C=O) groups is 4. The van der Waals surface area contributed by atoms with E-state index in [1.54, 1.807) is 20.8 Å². The Morgan fingerprint density at radius 1 is 1.18 bits per heavy atom. The van der Waals surface area contributed by atoms with Gasteiger partial charge in [-0.05, 0) is 34.1 Å². The Hall–Kier alpha value is -2.32. The Labute approximate surface area is 128 Å². The normalized spacial score (nSPS) is 13.6. The lowest BCUT2D eigenvalue weighted by Crippen LogP contribution is -2.51. The fraction of sp³-hybridized carbons (Fsp3) is 0.692. The number of nitrogens with one attached hydrogen (secondary N) is 2. The predicted octanol–water partition coefficient (Wildman–Crippen LogP) is -0.265. The average Bonchev–Trinajstić information content (AvgIpc) is 2.30. The van der Waals surface area contributed by atoms with Crippen LogP contribution in [0.2, 0.25) is 0 Å². The van der Waals surface area contributed by atoms with Crippen molar-refractivity contribution in [3.63, 3.8) is 0 Å². The van der Waals surface area contributed by atoms with Gasteiger partial charge in [0.25, 0.3) is 0 Å². The van der Waals surface area contributed by atoms with Crippen LogP contribution in [0.3, 0.4) is 0 Å². The number of aliphatic carboxylic acids is 1. The monoisotopic (exact) mass is 317 g/mol. The largest absolute Gasteiger partial charge is 0.480 e. The highest BCUT2D eigenvalue weighted by atomic mass is 16.6. The highest BCUT2D eigenvalue weighted by Gasteiger charge is 2.25. The van der Waals surface area contributed by atoms with Crippen LogP contribution in [0.15, 0.2) is 0 Å². The number of amides is 3. The maximum absolute atomic E-state index is 11.8. The van der Waals surface area contributed by atoms with Gasteiger partial charge in [0.1, 0.15) is 17.7 Å². The van der Waals surface area contributed by atoms with E-state index in [1.165, 1.54) is 6.92 Å². The molecular formula is C13H23N3O6. The topological polar surface area (TPSA) is 148 Å². The van der Waals surface area contributed by atoms with Gasteiger partial charge in [-0.15, -0.1) is 0 Å². The quantitative estimate of drug-likeness (QED) is 0.508. The second kappa shape index (κ2) is 8.20. The molecule has 0 spiro atoms. The molecule has 0 rings (SSSR count). The van der Waals surface area contributed by atoms with Crippen molar-refractivity contribution in [2.45, 2.75) is 58.2 Å². The second-order valence-electron chi connectivity index (χ2n) is 5.77. The maximum atomic E-state index is 11.8. The van der Waals surface area contributed by atoms with Gasteiger partial charge in [-0.1, -0.05) is 0 Å². The summed E-state index contributed by atoms with van der Waals surface area (Å²) in [5, 5.41) is 13.5. The fourth-order valence-electron chi connectivity index (χ4n) is 1.39. The number of carbonyl (C=O) groups excluding carboxylic acids is 3. The summed E-state index contributed by atoms with van der Waals surface area (Å²) in [6, 6.07) is -2.26. The van der Waals surface area contributed by atoms with Gasteiger partial charge in [0, 0.05) is 6.42 Å². The summed E-state index contributed by atoms with van der Waals surface area (Å²) in [5.74, 6) is -2.66. The molecule has 0 unspecified atom stereocenters. The molecule has 0 aromatic rings. The highest BCUT2D eigenvalue weighted by Crippen LogP contribution is 2.06. The van der Waals surface area contributed by atoms with Crippen molar-refractivity contribution >= 4 is 23.9 Å². The van der Waals surface area contributed by atoms with Crippen molar-refractivity contribution < 1.29 is 29.0 Å². The van der Waals surface area contributed by atoms with E-state index in [4.69, 9.17) is 15.6 Å². The first kappa shape index (κ1) is 19.7. The number of nitrogens with two attached hydrogens (primary N) is 1. The number of hydrogen-bond acceptors (Lipinski definition) is 5. The molecule has 0 aromatic carbocycles. The predicted molar refractivity (Wildman–Crippen MR) is 76.8 cm³/mol. The van der Waals surface area contributed by atoms with E-state index < -0.39 is 41.6 Å². The minimum Gasteiger partial charge on any atom is -0.480 e. The van der Waals surface area contributed by atoms with Gasteiger partial charge < -0.3 is 26.2 Å². The molecule has 0 fully saturated rings. The zero-order valence-electron chi connectivity index (χ0n) is 13.1. The van der Waals surface area contributed by atoms with E-state index >= 15 is 0 Å². The molecule has 0 aliphatic rings. The van der Waals surface area contributed by atoms with E-state index in [2.05, 4.69) is 10.6 Å². The molecule has 0 aliphatic carbocycles. The van der Waals surface area contributed by atoms with Crippen molar-refractivity contribution in [2.75, 3.05) is 0 Å². The van der Waals surface area contributed by atoms with Crippen molar-refractivity contribution in [1.29, 1.82) is 0 Å². The number of carboxylic acid groups (broad SMARTS) is 1. The van der Waals surface area contributed by atoms with Crippen molar-refractivity contribution in [3.8, 4) is 0 Å². The molecule has 126 valence electrons. The summed E-state index contributed by atoms with van der Waals surface area (Å²) in [6.45, 7) is 6.39. The SMILES string of the molecule is C[C@H](NC(=O)OC(C)(C)C)C(=O)N[C@H](CCC(N)=O)C(=O)O. The lowest BCUT2D eigenvalue weighted by Gasteiger charge is -2.22. The number of hydrogen-bond donors (Lipinski definition) is 4. The third-order valence-corrected chi connectivity index (χ3v) is 2.42. The van der Waals surface area contributed by atoms with Crippen molar-refractivity contribution in [1.82, 2.24) is 10.6 Å². The van der Waals surface area contributed by atoms with Gasteiger partial charge in [0.2, 0.25) is 11.8 Å². The van der Waals surface area contributed by atoms with Crippen LogP contribution in [-0.4, -0.2) is 46.7 Å². The van der Waals surface area contributed by atoms with E-state index in [0.29, 0.717) is 0 Å². The molecule has 9 heteroatoms. The van der Waals surface area contributed by atoms with Crippen LogP contribution >= 0.6 is 0 Å².